The summed E-state index contributed by atoms with van der Waals surface area (Å²) in [5.74, 6) is 1.71. The Bertz CT molecular complexity index is 723. The van der Waals surface area contributed by atoms with E-state index in [0.717, 1.165) is 56.1 Å². The highest BCUT2D eigenvalue weighted by Crippen LogP contribution is 2.23. The van der Waals surface area contributed by atoms with Crippen LogP contribution in [0.1, 0.15) is 25.7 Å². The number of hydrogen-bond donors (Lipinski definition) is 0. The standard InChI is InChI=1S/C19H25ClN6/c20-16-6-5-7-17(14-16)24-10-12-26(13-11-24)19-22-18(15-21-23-19)25-8-3-1-2-4-9-25/h5-7,14-15H,1-4,8-13H2. The third-order valence-electron chi connectivity index (χ3n) is 5.20. The number of halogens is 1. The van der Waals surface area contributed by atoms with Crippen molar-refractivity contribution < 1.29 is 0 Å². The maximum atomic E-state index is 6.12. The summed E-state index contributed by atoms with van der Waals surface area (Å²) < 4.78 is 0. The van der Waals surface area contributed by atoms with Crippen molar-refractivity contribution in [2.75, 3.05) is 54.0 Å². The van der Waals surface area contributed by atoms with Gasteiger partial charge in [-0.15, -0.1) is 5.10 Å². The molecule has 2 aliphatic heterocycles. The molecule has 0 N–H and O–H groups in total. The van der Waals surface area contributed by atoms with Crippen LogP contribution in [0, 0.1) is 0 Å². The Kier molecular flexibility index (Phi) is 5.39. The molecule has 0 spiro atoms. The van der Waals surface area contributed by atoms with Gasteiger partial charge < -0.3 is 14.7 Å². The molecule has 1 aromatic heterocycles. The van der Waals surface area contributed by atoms with Crippen molar-refractivity contribution in [3.8, 4) is 0 Å². The Morgan fingerprint density at radius 3 is 2.27 bits per heavy atom. The fourth-order valence-electron chi connectivity index (χ4n) is 3.71. The maximum absolute atomic E-state index is 6.12. The molecular formula is C19H25ClN6. The van der Waals surface area contributed by atoms with Crippen LogP contribution in [0.3, 0.4) is 0 Å². The van der Waals surface area contributed by atoms with Crippen molar-refractivity contribution in [3.05, 3.63) is 35.5 Å². The summed E-state index contributed by atoms with van der Waals surface area (Å²) in [5, 5.41) is 9.30. The van der Waals surface area contributed by atoms with Gasteiger partial charge in [-0.1, -0.05) is 30.5 Å². The Hall–Kier alpha value is -2.08. The molecule has 0 amide bonds. The molecule has 0 radical (unpaired) electrons. The predicted octanol–water partition coefficient (Wildman–Crippen LogP) is 3.23. The molecule has 2 fully saturated rings. The van der Waals surface area contributed by atoms with Gasteiger partial charge in [0.05, 0.1) is 6.20 Å². The van der Waals surface area contributed by atoms with E-state index in [-0.39, 0.29) is 0 Å². The molecule has 0 saturated carbocycles. The second-order valence-electron chi connectivity index (χ2n) is 6.97. The number of nitrogens with zero attached hydrogens (tertiary/aromatic N) is 6. The monoisotopic (exact) mass is 372 g/mol. The molecule has 4 rings (SSSR count). The van der Waals surface area contributed by atoms with Crippen LogP contribution in [0.2, 0.25) is 5.02 Å². The number of piperazine rings is 1. The van der Waals surface area contributed by atoms with Crippen molar-refractivity contribution in [3.63, 3.8) is 0 Å². The Labute approximate surface area is 159 Å². The number of benzene rings is 1. The molecular weight excluding hydrogens is 348 g/mol. The van der Waals surface area contributed by atoms with Crippen molar-refractivity contribution in [1.29, 1.82) is 0 Å². The molecule has 2 aliphatic rings. The summed E-state index contributed by atoms with van der Waals surface area (Å²) in [6.07, 6.45) is 6.90. The van der Waals surface area contributed by atoms with Crippen LogP contribution in [0.5, 0.6) is 0 Å². The molecule has 138 valence electrons. The molecule has 0 aliphatic carbocycles. The number of rotatable bonds is 3. The van der Waals surface area contributed by atoms with Crippen LogP contribution in [0.4, 0.5) is 17.5 Å². The second kappa shape index (κ2) is 8.08. The summed E-state index contributed by atoms with van der Waals surface area (Å²) >= 11 is 6.12. The van der Waals surface area contributed by atoms with E-state index < -0.39 is 0 Å². The smallest absolute Gasteiger partial charge is 0.247 e. The zero-order valence-corrected chi connectivity index (χ0v) is 15.8. The summed E-state index contributed by atoms with van der Waals surface area (Å²) in [5.41, 5.74) is 1.18. The first-order chi connectivity index (χ1) is 12.8. The Morgan fingerprint density at radius 1 is 0.808 bits per heavy atom. The summed E-state index contributed by atoms with van der Waals surface area (Å²) in [6.45, 7) is 5.77. The van der Waals surface area contributed by atoms with Gasteiger partial charge in [-0.3, -0.25) is 0 Å². The topological polar surface area (TPSA) is 48.4 Å². The first-order valence-corrected chi connectivity index (χ1v) is 9.87. The lowest BCUT2D eigenvalue weighted by Crippen LogP contribution is -2.47. The number of aromatic nitrogens is 3. The molecule has 6 nitrogen and oxygen atoms in total. The van der Waals surface area contributed by atoms with Crippen LogP contribution in [0.25, 0.3) is 0 Å². The van der Waals surface area contributed by atoms with E-state index in [2.05, 4.69) is 31.0 Å². The molecule has 3 heterocycles. The Morgan fingerprint density at radius 2 is 1.54 bits per heavy atom. The van der Waals surface area contributed by atoms with Gasteiger partial charge in [0.15, 0.2) is 5.82 Å². The van der Waals surface area contributed by atoms with E-state index in [4.69, 9.17) is 16.6 Å². The fourth-order valence-corrected chi connectivity index (χ4v) is 3.89. The van der Waals surface area contributed by atoms with Gasteiger partial charge in [0.2, 0.25) is 5.95 Å². The third-order valence-corrected chi connectivity index (χ3v) is 5.44. The molecule has 0 unspecified atom stereocenters. The van der Waals surface area contributed by atoms with Crippen LogP contribution < -0.4 is 14.7 Å². The third kappa shape index (κ3) is 4.01. The van der Waals surface area contributed by atoms with E-state index in [1.165, 1.54) is 31.4 Å². The van der Waals surface area contributed by atoms with E-state index >= 15 is 0 Å². The molecule has 0 atom stereocenters. The van der Waals surface area contributed by atoms with E-state index in [9.17, 15) is 0 Å². The highest BCUT2D eigenvalue weighted by atomic mass is 35.5. The SMILES string of the molecule is Clc1cccc(N2CCN(c3nncc(N4CCCCCC4)n3)CC2)c1. The van der Waals surface area contributed by atoms with Gasteiger partial charge >= 0.3 is 0 Å². The van der Waals surface area contributed by atoms with Crippen molar-refractivity contribution in [2.24, 2.45) is 0 Å². The average molecular weight is 373 g/mol. The molecule has 0 bridgehead atoms. The lowest BCUT2D eigenvalue weighted by molar-refractivity contribution is 0.633. The maximum Gasteiger partial charge on any atom is 0.247 e. The quantitative estimate of drug-likeness (QED) is 0.824. The minimum atomic E-state index is 0.748. The van der Waals surface area contributed by atoms with Crippen molar-refractivity contribution in [1.82, 2.24) is 15.2 Å². The van der Waals surface area contributed by atoms with Crippen molar-refractivity contribution in [2.45, 2.75) is 25.7 Å². The molecule has 7 heteroatoms. The van der Waals surface area contributed by atoms with Gasteiger partial charge in [0.25, 0.3) is 0 Å². The predicted molar refractivity (Wildman–Crippen MR) is 106 cm³/mol. The van der Waals surface area contributed by atoms with Crippen LogP contribution in [-0.4, -0.2) is 54.4 Å². The van der Waals surface area contributed by atoms with Crippen LogP contribution in [0.15, 0.2) is 30.5 Å². The summed E-state index contributed by atoms with van der Waals surface area (Å²) in [4.78, 5) is 11.8. The lowest BCUT2D eigenvalue weighted by Gasteiger charge is -2.36. The highest BCUT2D eigenvalue weighted by molar-refractivity contribution is 6.30. The molecule has 2 aromatic rings. The fraction of sp³-hybridized carbons (Fsp3) is 0.526. The summed E-state index contributed by atoms with van der Waals surface area (Å²) in [7, 11) is 0. The van der Waals surface area contributed by atoms with Crippen LogP contribution in [-0.2, 0) is 0 Å². The van der Waals surface area contributed by atoms with Crippen molar-refractivity contribution >= 4 is 29.1 Å². The second-order valence-corrected chi connectivity index (χ2v) is 7.41. The summed E-state index contributed by atoms with van der Waals surface area (Å²) in [6, 6.07) is 8.05. The highest BCUT2D eigenvalue weighted by Gasteiger charge is 2.21. The van der Waals surface area contributed by atoms with Crippen LogP contribution >= 0.6 is 11.6 Å². The minimum absolute atomic E-state index is 0.748. The first-order valence-electron chi connectivity index (χ1n) is 9.50. The van der Waals surface area contributed by atoms with E-state index in [1.54, 1.807) is 6.20 Å². The van der Waals surface area contributed by atoms with Gasteiger partial charge in [-0.25, -0.2) is 0 Å². The normalized spacial score (nSPS) is 18.7. The molecule has 1 aromatic carbocycles. The van der Waals surface area contributed by atoms with Gasteiger partial charge in [0, 0.05) is 50.0 Å². The number of hydrogen-bond acceptors (Lipinski definition) is 6. The van der Waals surface area contributed by atoms with E-state index in [0.29, 0.717) is 0 Å². The van der Waals surface area contributed by atoms with Gasteiger partial charge in [-0.05, 0) is 31.0 Å². The van der Waals surface area contributed by atoms with E-state index in [1.807, 2.05) is 18.2 Å². The molecule has 26 heavy (non-hydrogen) atoms. The number of anilines is 3. The minimum Gasteiger partial charge on any atom is -0.368 e. The Balaban J connectivity index is 1.42. The average Bonchev–Trinajstić information content (AvgIpc) is 2.98. The van der Waals surface area contributed by atoms with Gasteiger partial charge in [0.1, 0.15) is 0 Å². The largest absolute Gasteiger partial charge is 0.368 e. The zero-order chi connectivity index (χ0) is 17.8. The zero-order valence-electron chi connectivity index (χ0n) is 15.0. The first kappa shape index (κ1) is 17.3. The van der Waals surface area contributed by atoms with Gasteiger partial charge in [-0.2, -0.15) is 10.1 Å². The lowest BCUT2D eigenvalue weighted by atomic mass is 10.2. The molecule has 2 saturated heterocycles.